The van der Waals surface area contributed by atoms with Crippen molar-refractivity contribution in [1.82, 2.24) is 0 Å². The van der Waals surface area contributed by atoms with Crippen LogP contribution in [-0.4, -0.2) is 51.4 Å². The SMILES string of the molecule is O=[N+]([O-])c1ccccc1N[C@@H]1OC[C@@H](O)[C@@H](O)[C@H]1O. The number of aliphatic hydroxyl groups excluding tert-OH is 3. The lowest BCUT2D eigenvalue weighted by Gasteiger charge is -2.35. The number of aliphatic hydroxyl groups is 3. The van der Waals surface area contributed by atoms with Gasteiger partial charge in [0.25, 0.3) is 5.69 Å². The summed E-state index contributed by atoms with van der Waals surface area (Å²) in [7, 11) is 0. The van der Waals surface area contributed by atoms with Gasteiger partial charge in [-0.3, -0.25) is 10.1 Å². The van der Waals surface area contributed by atoms with Gasteiger partial charge in [0, 0.05) is 6.07 Å². The van der Waals surface area contributed by atoms with Crippen molar-refractivity contribution in [2.24, 2.45) is 0 Å². The molecule has 4 N–H and O–H groups in total. The number of nitro benzene ring substituents is 1. The van der Waals surface area contributed by atoms with E-state index in [1.54, 1.807) is 6.07 Å². The first-order valence-corrected chi connectivity index (χ1v) is 5.66. The molecule has 1 aromatic carbocycles. The van der Waals surface area contributed by atoms with Gasteiger partial charge in [0.05, 0.1) is 11.5 Å². The van der Waals surface area contributed by atoms with Crippen LogP contribution in [0, 0.1) is 10.1 Å². The first-order valence-electron chi connectivity index (χ1n) is 5.66. The highest BCUT2D eigenvalue weighted by Gasteiger charge is 2.38. The molecule has 1 heterocycles. The summed E-state index contributed by atoms with van der Waals surface area (Å²) in [6.07, 6.45) is -4.96. The van der Waals surface area contributed by atoms with Crippen molar-refractivity contribution in [2.75, 3.05) is 11.9 Å². The number of anilines is 1. The van der Waals surface area contributed by atoms with Crippen LogP contribution in [0.25, 0.3) is 0 Å². The van der Waals surface area contributed by atoms with Crippen LogP contribution in [0.3, 0.4) is 0 Å². The molecule has 0 bridgehead atoms. The first kappa shape index (κ1) is 13.7. The molecule has 1 saturated heterocycles. The van der Waals surface area contributed by atoms with E-state index in [-0.39, 0.29) is 18.0 Å². The van der Waals surface area contributed by atoms with Crippen molar-refractivity contribution >= 4 is 11.4 Å². The van der Waals surface area contributed by atoms with E-state index in [9.17, 15) is 25.4 Å². The van der Waals surface area contributed by atoms with Gasteiger partial charge in [0.2, 0.25) is 0 Å². The second kappa shape index (κ2) is 5.49. The number of benzene rings is 1. The fourth-order valence-electron chi connectivity index (χ4n) is 1.84. The molecule has 2 rings (SSSR count). The molecule has 8 heteroatoms. The lowest BCUT2D eigenvalue weighted by molar-refractivity contribution is -0.384. The third-order valence-corrected chi connectivity index (χ3v) is 2.90. The molecule has 1 aliphatic rings. The minimum atomic E-state index is -1.39. The van der Waals surface area contributed by atoms with Crippen LogP contribution >= 0.6 is 0 Å². The Morgan fingerprint density at radius 1 is 1.26 bits per heavy atom. The van der Waals surface area contributed by atoms with Crippen molar-refractivity contribution < 1.29 is 25.0 Å². The van der Waals surface area contributed by atoms with Gasteiger partial charge in [-0.15, -0.1) is 0 Å². The highest BCUT2D eigenvalue weighted by molar-refractivity contribution is 5.61. The number of ether oxygens (including phenoxy) is 1. The number of para-hydroxylation sites is 2. The largest absolute Gasteiger partial charge is 0.388 e. The van der Waals surface area contributed by atoms with E-state index in [0.29, 0.717) is 0 Å². The maximum Gasteiger partial charge on any atom is 0.292 e. The van der Waals surface area contributed by atoms with E-state index >= 15 is 0 Å². The van der Waals surface area contributed by atoms with Crippen LogP contribution in [0.4, 0.5) is 11.4 Å². The molecular weight excluding hydrogens is 256 g/mol. The lowest BCUT2D eigenvalue weighted by atomic mass is 10.0. The van der Waals surface area contributed by atoms with Crippen LogP contribution in [0.5, 0.6) is 0 Å². The average molecular weight is 270 g/mol. The molecule has 0 aliphatic carbocycles. The van der Waals surface area contributed by atoms with Gasteiger partial charge in [0.15, 0.2) is 6.23 Å². The van der Waals surface area contributed by atoms with Crippen molar-refractivity contribution in [3.63, 3.8) is 0 Å². The van der Waals surface area contributed by atoms with Gasteiger partial charge in [-0.2, -0.15) is 0 Å². The van der Waals surface area contributed by atoms with Crippen molar-refractivity contribution in [1.29, 1.82) is 0 Å². The van der Waals surface area contributed by atoms with Gasteiger partial charge in [-0.25, -0.2) is 0 Å². The quantitative estimate of drug-likeness (QED) is 0.428. The molecule has 1 fully saturated rings. The highest BCUT2D eigenvalue weighted by Crippen LogP contribution is 2.26. The summed E-state index contributed by atoms with van der Waals surface area (Å²) in [6, 6.07) is 5.88. The molecule has 19 heavy (non-hydrogen) atoms. The highest BCUT2D eigenvalue weighted by atomic mass is 16.6. The monoisotopic (exact) mass is 270 g/mol. The Balaban J connectivity index is 2.15. The van der Waals surface area contributed by atoms with E-state index in [1.807, 2.05) is 0 Å². The van der Waals surface area contributed by atoms with Gasteiger partial charge in [-0.05, 0) is 6.07 Å². The number of hydrogen-bond acceptors (Lipinski definition) is 7. The number of nitro groups is 1. The van der Waals surface area contributed by atoms with Crippen LogP contribution in [-0.2, 0) is 4.74 Å². The molecule has 0 aromatic heterocycles. The van der Waals surface area contributed by atoms with Gasteiger partial charge < -0.3 is 25.4 Å². The lowest BCUT2D eigenvalue weighted by Crippen LogP contribution is -2.55. The molecule has 0 amide bonds. The van der Waals surface area contributed by atoms with Crippen LogP contribution < -0.4 is 5.32 Å². The molecule has 0 saturated carbocycles. The minimum Gasteiger partial charge on any atom is -0.388 e. The van der Waals surface area contributed by atoms with Crippen LogP contribution in [0.2, 0.25) is 0 Å². The standard InChI is InChI=1S/C11H14N2O6/c14-8-5-19-11(10(16)9(8)15)12-6-3-1-2-4-7(6)13(17)18/h1-4,8-12,14-16H,5H2/t8-,9-,10-,11-/m1/s1. The number of nitrogens with one attached hydrogen (secondary N) is 1. The summed E-state index contributed by atoms with van der Waals surface area (Å²) in [5.41, 5.74) is -0.000878. The Hall–Kier alpha value is -1.74. The van der Waals surface area contributed by atoms with E-state index in [4.69, 9.17) is 4.74 Å². The molecule has 0 unspecified atom stereocenters. The predicted molar refractivity (Wildman–Crippen MR) is 64.5 cm³/mol. The Bertz CT molecular complexity index is 468. The van der Waals surface area contributed by atoms with E-state index in [1.165, 1.54) is 18.2 Å². The Morgan fingerprint density at radius 3 is 2.63 bits per heavy atom. The summed E-state index contributed by atoms with van der Waals surface area (Å²) >= 11 is 0. The number of rotatable bonds is 3. The zero-order valence-corrected chi connectivity index (χ0v) is 9.84. The normalized spacial score (nSPS) is 30.9. The van der Waals surface area contributed by atoms with Gasteiger partial charge in [-0.1, -0.05) is 12.1 Å². The summed E-state index contributed by atoms with van der Waals surface area (Å²) < 4.78 is 5.12. The average Bonchev–Trinajstić information content (AvgIpc) is 2.40. The second-order valence-electron chi connectivity index (χ2n) is 4.22. The van der Waals surface area contributed by atoms with Crippen LogP contribution in [0.15, 0.2) is 24.3 Å². The smallest absolute Gasteiger partial charge is 0.292 e. The van der Waals surface area contributed by atoms with E-state index in [2.05, 4.69) is 5.32 Å². The van der Waals surface area contributed by atoms with Gasteiger partial charge in [0.1, 0.15) is 24.0 Å². The Morgan fingerprint density at radius 2 is 1.95 bits per heavy atom. The predicted octanol–water partition coefficient (Wildman–Crippen LogP) is -0.554. The first-order chi connectivity index (χ1) is 9.00. The number of hydrogen-bond donors (Lipinski definition) is 4. The van der Waals surface area contributed by atoms with Crippen molar-refractivity contribution in [2.45, 2.75) is 24.5 Å². The summed E-state index contributed by atoms with van der Waals surface area (Å²) in [5.74, 6) is 0. The summed E-state index contributed by atoms with van der Waals surface area (Å²) in [5, 5.41) is 42.0. The fourth-order valence-corrected chi connectivity index (χ4v) is 1.84. The van der Waals surface area contributed by atoms with Crippen LogP contribution in [0.1, 0.15) is 0 Å². The van der Waals surface area contributed by atoms with Crippen molar-refractivity contribution in [3.05, 3.63) is 34.4 Å². The Labute approximate surface area is 108 Å². The van der Waals surface area contributed by atoms with Gasteiger partial charge >= 0.3 is 0 Å². The molecule has 1 aliphatic heterocycles. The second-order valence-corrected chi connectivity index (χ2v) is 4.22. The summed E-state index contributed by atoms with van der Waals surface area (Å²) in [4.78, 5) is 10.3. The maximum atomic E-state index is 10.8. The minimum absolute atomic E-state index is 0.167. The molecule has 8 nitrogen and oxygen atoms in total. The zero-order valence-electron chi connectivity index (χ0n) is 9.84. The number of nitrogens with zero attached hydrogens (tertiary/aromatic N) is 1. The zero-order chi connectivity index (χ0) is 14.0. The fraction of sp³-hybridized carbons (Fsp3) is 0.455. The topological polar surface area (TPSA) is 125 Å². The molecule has 0 spiro atoms. The Kier molecular flexibility index (Phi) is 3.96. The molecular formula is C11H14N2O6. The van der Waals surface area contributed by atoms with E-state index < -0.39 is 29.5 Å². The maximum absolute atomic E-state index is 10.8. The third-order valence-electron chi connectivity index (χ3n) is 2.90. The molecule has 4 atom stereocenters. The van der Waals surface area contributed by atoms with E-state index in [0.717, 1.165) is 0 Å². The third kappa shape index (κ3) is 2.82. The summed E-state index contributed by atoms with van der Waals surface area (Å²) in [6.45, 7) is -0.170. The molecule has 104 valence electrons. The molecule has 0 radical (unpaired) electrons. The molecule has 1 aromatic rings. The van der Waals surface area contributed by atoms with Crippen molar-refractivity contribution in [3.8, 4) is 0 Å².